The van der Waals surface area contributed by atoms with E-state index in [1.165, 1.54) is 18.2 Å². The van der Waals surface area contributed by atoms with Crippen molar-refractivity contribution in [1.82, 2.24) is 5.32 Å². The molecule has 1 heterocycles. The summed E-state index contributed by atoms with van der Waals surface area (Å²) in [4.78, 5) is 11.8. The van der Waals surface area contributed by atoms with E-state index in [2.05, 4.69) is 5.32 Å². The zero-order valence-electron chi connectivity index (χ0n) is 9.37. The first-order chi connectivity index (χ1) is 8.16. The van der Waals surface area contributed by atoms with Gasteiger partial charge in [0.1, 0.15) is 11.6 Å². The number of hydrogen-bond donors (Lipinski definition) is 1. The minimum absolute atomic E-state index is 0.237. The Hall–Kier alpha value is -2.10. The fourth-order valence-corrected chi connectivity index (χ4v) is 1.56. The molecule has 0 bridgehead atoms. The van der Waals surface area contributed by atoms with Crippen molar-refractivity contribution < 1.29 is 13.6 Å². The monoisotopic (exact) mass is 233 g/mol. The summed E-state index contributed by atoms with van der Waals surface area (Å²) in [5.74, 6) is 0.0992. The van der Waals surface area contributed by atoms with Crippen molar-refractivity contribution in [1.29, 1.82) is 0 Å². The molecule has 88 valence electrons. The van der Waals surface area contributed by atoms with Gasteiger partial charge in [-0.3, -0.25) is 4.79 Å². The number of nitrogens with one attached hydrogen (secondary N) is 1. The molecular weight excluding hydrogens is 221 g/mol. The molecule has 3 nitrogen and oxygen atoms in total. The molecule has 0 aliphatic carbocycles. The maximum atomic E-state index is 12.9. The lowest BCUT2D eigenvalue weighted by Crippen LogP contribution is -2.23. The van der Waals surface area contributed by atoms with Crippen LogP contribution in [0.1, 0.15) is 21.7 Å². The number of furan rings is 1. The maximum absolute atomic E-state index is 12.9. The number of aryl methyl sites for hydroxylation is 1. The van der Waals surface area contributed by atoms with Crippen molar-refractivity contribution in [2.24, 2.45) is 0 Å². The van der Waals surface area contributed by atoms with Crippen LogP contribution in [0, 0.1) is 12.7 Å². The summed E-state index contributed by atoms with van der Waals surface area (Å²) in [6, 6.07) is 7.61. The predicted octanol–water partition coefficient (Wildman–Crippen LogP) is 2.66. The van der Waals surface area contributed by atoms with Crippen LogP contribution in [0.5, 0.6) is 0 Å². The third kappa shape index (κ3) is 2.72. The van der Waals surface area contributed by atoms with Gasteiger partial charge in [0.25, 0.3) is 5.91 Å². The molecule has 2 rings (SSSR count). The lowest BCUT2D eigenvalue weighted by atomic mass is 10.1. The average molecular weight is 233 g/mol. The summed E-state index contributed by atoms with van der Waals surface area (Å²) in [5, 5.41) is 2.71. The number of hydrogen-bond acceptors (Lipinski definition) is 2. The van der Waals surface area contributed by atoms with Crippen LogP contribution in [0.4, 0.5) is 4.39 Å². The first kappa shape index (κ1) is 11.4. The molecular formula is C13H12FNO2. The molecule has 0 atom stereocenters. The Morgan fingerprint density at radius 1 is 1.41 bits per heavy atom. The molecule has 1 aromatic heterocycles. The number of carbonyl (C=O) groups excluding carboxylic acids is 1. The van der Waals surface area contributed by atoms with Crippen molar-refractivity contribution in [2.75, 3.05) is 0 Å². The molecule has 0 saturated heterocycles. The Morgan fingerprint density at radius 3 is 2.88 bits per heavy atom. The summed E-state index contributed by atoms with van der Waals surface area (Å²) in [5.41, 5.74) is 1.08. The number of amides is 1. The number of halogens is 1. The Labute approximate surface area is 98.3 Å². The lowest BCUT2D eigenvalue weighted by molar-refractivity contribution is 0.0947. The van der Waals surface area contributed by atoms with Crippen LogP contribution in [0.15, 0.2) is 41.0 Å². The van der Waals surface area contributed by atoms with Gasteiger partial charge in [-0.2, -0.15) is 0 Å². The minimum atomic E-state index is -0.343. The Balaban J connectivity index is 2.04. The minimum Gasteiger partial charge on any atom is -0.467 e. The number of rotatable bonds is 3. The molecule has 2 aromatic rings. The van der Waals surface area contributed by atoms with Crippen molar-refractivity contribution in [2.45, 2.75) is 13.5 Å². The summed E-state index contributed by atoms with van der Waals surface area (Å²) in [6.45, 7) is 2.02. The SMILES string of the molecule is Cc1cc(F)ccc1C(=O)NCc1ccco1. The fourth-order valence-electron chi connectivity index (χ4n) is 1.56. The van der Waals surface area contributed by atoms with E-state index in [0.717, 1.165) is 0 Å². The topological polar surface area (TPSA) is 42.2 Å². The second kappa shape index (κ2) is 4.82. The Kier molecular flexibility index (Phi) is 3.23. The molecule has 4 heteroatoms. The standard InChI is InChI=1S/C13H12FNO2/c1-9-7-10(14)4-5-12(9)13(16)15-8-11-3-2-6-17-11/h2-7H,8H2,1H3,(H,15,16). The van der Waals surface area contributed by atoms with Crippen molar-refractivity contribution in [3.8, 4) is 0 Å². The van der Waals surface area contributed by atoms with E-state index >= 15 is 0 Å². The quantitative estimate of drug-likeness (QED) is 0.885. The second-order valence-electron chi connectivity index (χ2n) is 3.72. The van der Waals surface area contributed by atoms with Crippen LogP contribution >= 0.6 is 0 Å². The van der Waals surface area contributed by atoms with Gasteiger partial charge in [0.2, 0.25) is 0 Å². The molecule has 1 aromatic carbocycles. The van der Waals surface area contributed by atoms with Crippen LogP contribution in [0.3, 0.4) is 0 Å². The summed E-state index contributed by atoms with van der Waals surface area (Å²) >= 11 is 0. The van der Waals surface area contributed by atoms with Gasteiger partial charge < -0.3 is 9.73 Å². The molecule has 0 radical (unpaired) electrons. The van der Waals surface area contributed by atoms with Gasteiger partial charge in [-0.15, -0.1) is 0 Å². The van der Waals surface area contributed by atoms with Crippen LogP contribution in [-0.2, 0) is 6.54 Å². The molecule has 0 aliphatic rings. The second-order valence-corrected chi connectivity index (χ2v) is 3.72. The van der Waals surface area contributed by atoms with Crippen LogP contribution in [0.2, 0.25) is 0 Å². The highest BCUT2D eigenvalue weighted by Gasteiger charge is 2.09. The van der Waals surface area contributed by atoms with E-state index in [9.17, 15) is 9.18 Å². The van der Waals surface area contributed by atoms with Crippen molar-refractivity contribution in [3.63, 3.8) is 0 Å². The summed E-state index contributed by atoms with van der Waals surface area (Å²) < 4.78 is 18.0. The van der Waals surface area contributed by atoms with E-state index in [1.54, 1.807) is 25.3 Å². The third-order valence-electron chi connectivity index (χ3n) is 2.44. The Morgan fingerprint density at radius 2 is 2.24 bits per heavy atom. The van der Waals surface area contributed by atoms with Gasteiger partial charge in [-0.05, 0) is 42.8 Å². The average Bonchev–Trinajstić information content (AvgIpc) is 2.78. The zero-order chi connectivity index (χ0) is 12.3. The van der Waals surface area contributed by atoms with E-state index in [1.807, 2.05) is 0 Å². The normalized spacial score (nSPS) is 10.2. The highest BCUT2D eigenvalue weighted by molar-refractivity contribution is 5.95. The van der Waals surface area contributed by atoms with E-state index in [-0.39, 0.29) is 11.7 Å². The number of carbonyl (C=O) groups is 1. The lowest BCUT2D eigenvalue weighted by Gasteiger charge is -2.06. The van der Waals surface area contributed by atoms with Gasteiger partial charge in [0.15, 0.2) is 0 Å². The van der Waals surface area contributed by atoms with Gasteiger partial charge in [0, 0.05) is 5.56 Å². The highest BCUT2D eigenvalue weighted by Crippen LogP contribution is 2.10. The molecule has 1 amide bonds. The van der Waals surface area contributed by atoms with E-state index in [4.69, 9.17) is 4.42 Å². The summed E-state index contributed by atoms with van der Waals surface area (Å²) in [6.07, 6.45) is 1.55. The fraction of sp³-hybridized carbons (Fsp3) is 0.154. The van der Waals surface area contributed by atoms with Gasteiger partial charge in [-0.1, -0.05) is 0 Å². The molecule has 0 unspecified atom stereocenters. The van der Waals surface area contributed by atoms with Gasteiger partial charge in [0.05, 0.1) is 12.8 Å². The molecule has 0 spiro atoms. The smallest absolute Gasteiger partial charge is 0.251 e. The van der Waals surface area contributed by atoms with Crippen LogP contribution < -0.4 is 5.32 Å². The zero-order valence-corrected chi connectivity index (χ0v) is 9.37. The first-order valence-electron chi connectivity index (χ1n) is 5.23. The van der Waals surface area contributed by atoms with Crippen molar-refractivity contribution in [3.05, 3.63) is 59.3 Å². The van der Waals surface area contributed by atoms with E-state index in [0.29, 0.717) is 23.4 Å². The van der Waals surface area contributed by atoms with E-state index < -0.39 is 0 Å². The maximum Gasteiger partial charge on any atom is 0.251 e. The largest absolute Gasteiger partial charge is 0.467 e. The van der Waals surface area contributed by atoms with Crippen molar-refractivity contribution >= 4 is 5.91 Å². The van der Waals surface area contributed by atoms with Gasteiger partial charge >= 0.3 is 0 Å². The molecule has 1 N–H and O–H groups in total. The molecule has 0 aliphatic heterocycles. The highest BCUT2D eigenvalue weighted by atomic mass is 19.1. The number of benzene rings is 1. The Bertz CT molecular complexity index is 520. The first-order valence-corrected chi connectivity index (χ1v) is 5.23. The third-order valence-corrected chi connectivity index (χ3v) is 2.44. The summed E-state index contributed by atoms with van der Waals surface area (Å²) in [7, 11) is 0. The molecule has 0 fully saturated rings. The predicted molar refractivity (Wildman–Crippen MR) is 61.0 cm³/mol. The van der Waals surface area contributed by atoms with Crippen LogP contribution in [0.25, 0.3) is 0 Å². The van der Waals surface area contributed by atoms with Crippen LogP contribution in [-0.4, -0.2) is 5.91 Å². The molecule has 17 heavy (non-hydrogen) atoms. The molecule has 0 saturated carbocycles. The van der Waals surface area contributed by atoms with Gasteiger partial charge in [-0.25, -0.2) is 4.39 Å².